The van der Waals surface area contributed by atoms with Crippen LogP contribution in [0.25, 0.3) is 0 Å². The van der Waals surface area contributed by atoms with Crippen LogP contribution in [-0.2, 0) is 0 Å². The number of pyridine rings is 1. The Morgan fingerprint density at radius 2 is 2.04 bits per heavy atom. The highest BCUT2D eigenvalue weighted by molar-refractivity contribution is 5.94. The minimum Gasteiger partial charge on any atom is -0.488 e. The van der Waals surface area contributed by atoms with E-state index in [1.165, 1.54) is 6.20 Å². The molecule has 1 aromatic heterocycles. The summed E-state index contributed by atoms with van der Waals surface area (Å²) in [6.45, 7) is 0.402. The van der Waals surface area contributed by atoms with Crippen molar-refractivity contribution in [1.82, 2.24) is 10.3 Å². The zero-order valence-corrected chi connectivity index (χ0v) is 14.0. The fourth-order valence-electron chi connectivity index (χ4n) is 3.12. The molecule has 1 aromatic carbocycles. The predicted octanol–water partition coefficient (Wildman–Crippen LogP) is 2.00. The summed E-state index contributed by atoms with van der Waals surface area (Å²) in [4.78, 5) is 16.1. The molecule has 0 saturated heterocycles. The van der Waals surface area contributed by atoms with Crippen molar-refractivity contribution in [2.45, 2.75) is 31.5 Å². The summed E-state index contributed by atoms with van der Waals surface area (Å²) >= 11 is 0. The van der Waals surface area contributed by atoms with Crippen LogP contribution in [-0.4, -0.2) is 34.8 Å². The number of carbonyl (C=O) groups is 1. The zero-order valence-electron chi connectivity index (χ0n) is 14.0. The summed E-state index contributed by atoms with van der Waals surface area (Å²) in [5.41, 5.74) is 5.98. The molecule has 1 aliphatic rings. The van der Waals surface area contributed by atoms with Gasteiger partial charge < -0.3 is 20.9 Å². The van der Waals surface area contributed by atoms with Gasteiger partial charge in [-0.25, -0.2) is 4.98 Å². The van der Waals surface area contributed by atoms with E-state index in [2.05, 4.69) is 10.3 Å². The van der Waals surface area contributed by atoms with E-state index in [1.807, 2.05) is 30.3 Å². The summed E-state index contributed by atoms with van der Waals surface area (Å²) in [7, 11) is 0. The van der Waals surface area contributed by atoms with Crippen molar-refractivity contribution < 1.29 is 14.6 Å². The standard InChI is InChI=1S/C19H23N3O3/c20-17-10-9-14(12-21-17)19(24)22-11-13-5-4-8-16(18(13)23)25-15-6-2-1-3-7-15/h1-3,6-7,9-10,12-13,16,18,23H,4-5,8,11H2,(H2,20,21)(H,22,24)/t13-,16-,18-/m1/s1. The zero-order chi connectivity index (χ0) is 17.6. The van der Waals surface area contributed by atoms with Crippen molar-refractivity contribution in [2.24, 2.45) is 5.92 Å². The smallest absolute Gasteiger partial charge is 0.252 e. The van der Waals surface area contributed by atoms with Gasteiger partial charge in [-0.2, -0.15) is 0 Å². The van der Waals surface area contributed by atoms with Crippen molar-refractivity contribution in [3.63, 3.8) is 0 Å². The molecule has 0 aliphatic heterocycles. The molecule has 6 nitrogen and oxygen atoms in total. The van der Waals surface area contributed by atoms with Crippen LogP contribution in [0.5, 0.6) is 5.75 Å². The van der Waals surface area contributed by atoms with Crippen molar-refractivity contribution >= 4 is 11.7 Å². The number of amides is 1. The van der Waals surface area contributed by atoms with Gasteiger partial charge in [-0.05, 0) is 43.5 Å². The maximum absolute atomic E-state index is 12.2. The molecule has 2 aromatic rings. The van der Waals surface area contributed by atoms with Crippen LogP contribution < -0.4 is 15.8 Å². The third kappa shape index (κ3) is 4.48. The van der Waals surface area contributed by atoms with Crippen molar-refractivity contribution in [2.75, 3.05) is 12.3 Å². The number of nitrogens with zero attached hydrogens (tertiary/aromatic N) is 1. The normalized spacial score (nSPS) is 23.0. The Morgan fingerprint density at radius 1 is 1.24 bits per heavy atom. The van der Waals surface area contributed by atoms with Gasteiger partial charge in [0.05, 0.1) is 11.7 Å². The summed E-state index contributed by atoms with van der Waals surface area (Å²) in [6.07, 6.45) is 3.20. The Bertz CT molecular complexity index is 691. The lowest BCUT2D eigenvalue weighted by molar-refractivity contribution is -0.0301. The van der Waals surface area contributed by atoms with Gasteiger partial charge in [0.15, 0.2) is 0 Å². The summed E-state index contributed by atoms with van der Waals surface area (Å²) in [5, 5.41) is 13.5. The molecule has 1 fully saturated rings. The number of aromatic nitrogens is 1. The number of aliphatic hydroxyl groups excluding tert-OH is 1. The molecule has 0 radical (unpaired) electrons. The summed E-state index contributed by atoms with van der Waals surface area (Å²) in [5.74, 6) is 0.878. The van der Waals surface area contributed by atoms with Crippen molar-refractivity contribution in [3.05, 3.63) is 54.2 Å². The van der Waals surface area contributed by atoms with Gasteiger partial charge in [0.1, 0.15) is 17.7 Å². The molecule has 0 spiro atoms. The molecule has 132 valence electrons. The molecule has 1 saturated carbocycles. The number of nitrogens with two attached hydrogens (primary N) is 1. The maximum Gasteiger partial charge on any atom is 0.252 e. The topological polar surface area (TPSA) is 97.5 Å². The van der Waals surface area contributed by atoms with Gasteiger partial charge in [0.25, 0.3) is 5.91 Å². The lowest BCUT2D eigenvalue weighted by Gasteiger charge is -2.35. The van der Waals surface area contributed by atoms with Gasteiger partial charge in [-0.1, -0.05) is 18.2 Å². The maximum atomic E-state index is 12.2. The number of carbonyl (C=O) groups excluding carboxylic acids is 1. The minimum atomic E-state index is -0.612. The third-order valence-electron chi connectivity index (χ3n) is 4.53. The number of ether oxygens (including phenoxy) is 1. The van der Waals surface area contributed by atoms with E-state index < -0.39 is 6.10 Å². The van der Waals surface area contributed by atoms with Crippen LogP contribution >= 0.6 is 0 Å². The molecule has 1 heterocycles. The highest BCUT2D eigenvalue weighted by Gasteiger charge is 2.33. The first-order chi connectivity index (χ1) is 12.1. The van der Waals surface area contributed by atoms with Crippen LogP contribution in [0.15, 0.2) is 48.7 Å². The number of hydrogen-bond acceptors (Lipinski definition) is 5. The van der Waals surface area contributed by atoms with E-state index >= 15 is 0 Å². The molecule has 3 atom stereocenters. The Hall–Kier alpha value is -2.60. The quantitative estimate of drug-likeness (QED) is 0.773. The van der Waals surface area contributed by atoms with Crippen LogP contribution in [0.4, 0.5) is 5.82 Å². The average molecular weight is 341 g/mol. The monoisotopic (exact) mass is 341 g/mol. The molecular formula is C19H23N3O3. The number of rotatable bonds is 5. The highest BCUT2D eigenvalue weighted by atomic mass is 16.5. The number of nitrogen functional groups attached to an aromatic ring is 1. The van der Waals surface area contributed by atoms with Gasteiger partial charge in [0.2, 0.25) is 0 Å². The molecule has 4 N–H and O–H groups in total. The second-order valence-corrected chi connectivity index (χ2v) is 6.33. The van der Waals surface area contributed by atoms with E-state index in [0.29, 0.717) is 17.9 Å². The second-order valence-electron chi connectivity index (χ2n) is 6.33. The lowest BCUT2D eigenvalue weighted by atomic mass is 9.84. The molecular weight excluding hydrogens is 318 g/mol. The molecule has 1 aliphatic carbocycles. The van der Waals surface area contributed by atoms with E-state index in [4.69, 9.17) is 10.5 Å². The van der Waals surface area contributed by atoms with E-state index in [9.17, 15) is 9.90 Å². The molecule has 25 heavy (non-hydrogen) atoms. The van der Waals surface area contributed by atoms with E-state index in [1.54, 1.807) is 12.1 Å². The summed E-state index contributed by atoms with van der Waals surface area (Å²) in [6, 6.07) is 12.7. The average Bonchev–Trinajstić information content (AvgIpc) is 2.63. The number of nitrogens with one attached hydrogen (secondary N) is 1. The molecule has 0 unspecified atom stereocenters. The first-order valence-electron chi connectivity index (χ1n) is 8.53. The van der Waals surface area contributed by atoms with Crippen molar-refractivity contribution in [3.8, 4) is 5.75 Å². The number of aliphatic hydroxyl groups is 1. The fourth-order valence-corrected chi connectivity index (χ4v) is 3.12. The van der Waals surface area contributed by atoms with E-state index in [0.717, 1.165) is 25.0 Å². The van der Waals surface area contributed by atoms with Gasteiger partial charge in [-0.3, -0.25) is 4.79 Å². The molecule has 6 heteroatoms. The second kappa shape index (κ2) is 7.98. The lowest BCUT2D eigenvalue weighted by Crippen LogP contribution is -2.45. The number of para-hydroxylation sites is 1. The van der Waals surface area contributed by atoms with Gasteiger partial charge in [-0.15, -0.1) is 0 Å². The van der Waals surface area contributed by atoms with Crippen LogP contribution in [0.3, 0.4) is 0 Å². The Morgan fingerprint density at radius 3 is 2.76 bits per heavy atom. The van der Waals surface area contributed by atoms with Gasteiger partial charge >= 0.3 is 0 Å². The predicted molar refractivity (Wildman–Crippen MR) is 95.2 cm³/mol. The number of anilines is 1. The highest BCUT2D eigenvalue weighted by Crippen LogP contribution is 2.28. The summed E-state index contributed by atoms with van der Waals surface area (Å²) < 4.78 is 5.92. The third-order valence-corrected chi connectivity index (χ3v) is 4.53. The van der Waals surface area contributed by atoms with E-state index in [-0.39, 0.29) is 17.9 Å². The first-order valence-corrected chi connectivity index (χ1v) is 8.53. The van der Waals surface area contributed by atoms with Crippen LogP contribution in [0.1, 0.15) is 29.6 Å². The Labute approximate surface area is 147 Å². The Kier molecular flexibility index (Phi) is 5.50. The first kappa shape index (κ1) is 17.2. The van der Waals surface area contributed by atoms with Crippen LogP contribution in [0, 0.1) is 5.92 Å². The molecule has 1 amide bonds. The van der Waals surface area contributed by atoms with Gasteiger partial charge in [0, 0.05) is 18.7 Å². The number of benzene rings is 1. The molecule has 0 bridgehead atoms. The Balaban J connectivity index is 1.55. The number of hydrogen-bond donors (Lipinski definition) is 3. The minimum absolute atomic E-state index is 0.0341. The van der Waals surface area contributed by atoms with Crippen LogP contribution in [0.2, 0.25) is 0 Å². The van der Waals surface area contributed by atoms with Crippen molar-refractivity contribution in [1.29, 1.82) is 0 Å². The SMILES string of the molecule is Nc1ccc(C(=O)NC[C@H]2CCC[C@@H](Oc3ccccc3)[C@@H]2O)cn1. The molecule has 3 rings (SSSR count). The fraction of sp³-hybridized carbons (Fsp3) is 0.368. The largest absolute Gasteiger partial charge is 0.488 e.